The molecule has 2 N–H and O–H groups in total. The predicted molar refractivity (Wildman–Crippen MR) is 74.5 cm³/mol. The van der Waals surface area contributed by atoms with E-state index in [1.807, 2.05) is 0 Å². The second-order valence-electron chi connectivity index (χ2n) is 3.90. The van der Waals surface area contributed by atoms with Gasteiger partial charge in [0, 0.05) is 5.02 Å². The molecule has 2 atom stereocenters. The Morgan fingerprint density at radius 2 is 2.05 bits per heavy atom. The number of carbonyl (C=O) groups excluding carboxylic acids is 1. The fourth-order valence-electron chi connectivity index (χ4n) is 1.21. The summed E-state index contributed by atoms with van der Waals surface area (Å²) in [7, 11) is 0. The maximum atomic E-state index is 11.7. The van der Waals surface area contributed by atoms with Gasteiger partial charge in [-0.25, -0.2) is 0 Å². The summed E-state index contributed by atoms with van der Waals surface area (Å²) in [5.41, 5.74) is 0. The number of nitrogens with one attached hydrogen (secondary N) is 1. The number of rotatable bonds is 5. The molecule has 1 aromatic carbocycles. The zero-order chi connectivity index (χ0) is 14.6. The quantitative estimate of drug-likeness (QED) is 0.855. The average molecular weight is 351 g/mol. The summed E-state index contributed by atoms with van der Waals surface area (Å²) < 4.78 is 6.05. The molecule has 1 amide bonds. The Labute approximate surface area is 124 Å². The molecular weight excluding hydrogens is 337 g/mol. The molecule has 0 bridgehead atoms. The molecule has 19 heavy (non-hydrogen) atoms. The maximum absolute atomic E-state index is 11.7. The number of carboxylic acid groups (broad SMARTS) is 1. The van der Waals surface area contributed by atoms with Crippen LogP contribution in [0.4, 0.5) is 0 Å². The van der Waals surface area contributed by atoms with Crippen LogP contribution in [0.25, 0.3) is 0 Å². The van der Waals surface area contributed by atoms with Crippen molar-refractivity contribution in [2.75, 3.05) is 0 Å². The van der Waals surface area contributed by atoms with Crippen LogP contribution in [-0.2, 0) is 9.59 Å². The summed E-state index contributed by atoms with van der Waals surface area (Å²) in [6.07, 6.45) is -0.820. The molecule has 0 fully saturated rings. The highest BCUT2D eigenvalue weighted by atomic mass is 79.9. The number of hydrogen-bond acceptors (Lipinski definition) is 3. The molecule has 0 aliphatic rings. The molecule has 1 aromatic rings. The molecule has 0 saturated carbocycles. The molecule has 0 saturated heterocycles. The summed E-state index contributed by atoms with van der Waals surface area (Å²) in [6.45, 7) is 2.91. The molecule has 0 aliphatic carbocycles. The van der Waals surface area contributed by atoms with Crippen LogP contribution in [-0.4, -0.2) is 29.1 Å². The van der Waals surface area contributed by atoms with E-state index in [4.69, 9.17) is 21.4 Å². The fourth-order valence-corrected chi connectivity index (χ4v) is 1.98. The van der Waals surface area contributed by atoms with Gasteiger partial charge in [-0.1, -0.05) is 11.6 Å². The van der Waals surface area contributed by atoms with E-state index in [9.17, 15) is 9.59 Å². The third kappa shape index (κ3) is 4.72. The SMILES string of the molecule is CC(NC(=O)C(C)Oc1ccc(Cl)cc1Br)C(=O)O. The number of benzene rings is 1. The number of hydrogen-bond donors (Lipinski definition) is 2. The molecule has 0 aliphatic heterocycles. The first-order valence-corrected chi connectivity index (χ1v) is 6.63. The number of carboxylic acids is 1. The number of amides is 1. The van der Waals surface area contributed by atoms with Crippen molar-refractivity contribution < 1.29 is 19.4 Å². The van der Waals surface area contributed by atoms with E-state index < -0.39 is 24.0 Å². The molecule has 0 heterocycles. The Morgan fingerprint density at radius 3 is 2.58 bits per heavy atom. The summed E-state index contributed by atoms with van der Waals surface area (Å²) >= 11 is 9.05. The molecule has 0 radical (unpaired) electrons. The van der Waals surface area contributed by atoms with Crippen LogP contribution < -0.4 is 10.1 Å². The minimum absolute atomic E-state index is 0.454. The molecule has 5 nitrogen and oxygen atoms in total. The van der Waals surface area contributed by atoms with E-state index in [1.165, 1.54) is 13.8 Å². The first-order valence-electron chi connectivity index (χ1n) is 5.46. The van der Waals surface area contributed by atoms with Crippen molar-refractivity contribution >= 4 is 39.4 Å². The highest BCUT2D eigenvalue weighted by molar-refractivity contribution is 9.10. The van der Waals surface area contributed by atoms with Gasteiger partial charge in [-0.3, -0.25) is 9.59 Å². The predicted octanol–water partition coefficient (Wildman–Crippen LogP) is 2.46. The minimum atomic E-state index is -1.10. The van der Waals surface area contributed by atoms with Crippen molar-refractivity contribution in [1.29, 1.82) is 0 Å². The summed E-state index contributed by atoms with van der Waals surface area (Å²) in [5.74, 6) is -1.15. The lowest BCUT2D eigenvalue weighted by Gasteiger charge is -2.17. The van der Waals surface area contributed by atoms with Crippen molar-refractivity contribution in [1.82, 2.24) is 5.32 Å². The second-order valence-corrected chi connectivity index (χ2v) is 5.19. The summed E-state index contributed by atoms with van der Waals surface area (Å²) in [6, 6.07) is 3.93. The van der Waals surface area contributed by atoms with Crippen LogP contribution in [0.3, 0.4) is 0 Å². The molecule has 7 heteroatoms. The van der Waals surface area contributed by atoms with E-state index in [0.717, 1.165) is 0 Å². The first kappa shape index (κ1) is 15.8. The largest absolute Gasteiger partial charge is 0.480 e. The van der Waals surface area contributed by atoms with Crippen LogP contribution in [0.1, 0.15) is 13.8 Å². The topological polar surface area (TPSA) is 75.6 Å². The van der Waals surface area contributed by atoms with Crippen molar-refractivity contribution in [3.63, 3.8) is 0 Å². The van der Waals surface area contributed by atoms with Crippen LogP contribution in [0.5, 0.6) is 5.75 Å². The van der Waals surface area contributed by atoms with Crippen molar-refractivity contribution in [2.24, 2.45) is 0 Å². The lowest BCUT2D eigenvalue weighted by atomic mass is 10.3. The molecule has 1 rings (SSSR count). The van der Waals surface area contributed by atoms with Gasteiger partial charge >= 0.3 is 5.97 Å². The highest BCUT2D eigenvalue weighted by Gasteiger charge is 2.20. The third-order valence-electron chi connectivity index (χ3n) is 2.30. The molecule has 2 unspecified atom stereocenters. The smallest absolute Gasteiger partial charge is 0.325 e. The lowest BCUT2D eigenvalue weighted by molar-refractivity contribution is -0.142. The number of halogens is 2. The van der Waals surface area contributed by atoms with Crippen molar-refractivity contribution in [3.05, 3.63) is 27.7 Å². The normalized spacial score (nSPS) is 13.5. The Balaban J connectivity index is 2.66. The molecule has 0 spiro atoms. The zero-order valence-electron chi connectivity index (χ0n) is 10.3. The molecule has 0 aromatic heterocycles. The van der Waals surface area contributed by atoms with E-state index in [-0.39, 0.29) is 0 Å². The summed E-state index contributed by atoms with van der Waals surface area (Å²) in [4.78, 5) is 22.3. The van der Waals surface area contributed by atoms with Gasteiger partial charge in [0.1, 0.15) is 11.8 Å². The van der Waals surface area contributed by atoms with Crippen LogP contribution in [0, 0.1) is 0 Å². The van der Waals surface area contributed by atoms with E-state index in [0.29, 0.717) is 15.2 Å². The van der Waals surface area contributed by atoms with Gasteiger partial charge in [-0.2, -0.15) is 0 Å². The van der Waals surface area contributed by atoms with Gasteiger partial charge in [0.2, 0.25) is 0 Å². The number of ether oxygens (including phenoxy) is 1. The van der Waals surface area contributed by atoms with Crippen LogP contribution >= 0.6 is 27.5 Å². The first-order chi connectivity index (χ1) is 8.81. The monoisotopic (exact) mass is 349 g/mol. The van der Waals surface area contributed by atoms with Gasteiger partial charge in [-0.15, -0.1) is 0 Å². The van der Waals surface area contributed by atoms with Crippen molar-refractivity contribution in [2.45, 2.75) is 26.0 Å². The van der Waals surface area contributed by atoms with Gasteiger partial charge in [0.15, 0.2) is 6.10 Å². The standard InChI is InChI=1S/C12H13BrClNO4/c1-6(12(17)18)15-11(16)7(2)19-10-4-3-8(14)5-9(10)13/h3-7H,1-2H3,(H,15,16)(H,17,18). The third-order valence-corrected chi connectivity index (χ3v) is 3.15. The van der Waals surface area contributed by atoms with Crippen LogP contribution in [0.2, 0.25) is 5.02 Å². The van der Waals surface area contributed by atoms with Crippen LogP contribution in [0.15, 0.2) is 22.7 Å². The lowest BCUT2D eigenvalue weighted by Crippen LogP contribution is -2.44. The maximum Gasteiger partial charge on any atom is 0.325 e. The second kappa shape index (κ2) is 6.77. The summed E-state index contributed by atoms with van der Waals surface area (Å²) in [5, 5.41) is 11.6. The highest BCUT2D eigenvalue weighted by Crippen LogP contribution is 2.28. The van der Waals surface area contributed by atoms with Crippen molar-refractivity contribution in [3.8, 4) is 5.75 Å². The zero-order valence-corrected chi connectivity index (χ0v) is 12.7. The van der Waals surface area contributed by atoms with E-state index >= 15 is 0 Å². The van der Waals surface area contributed by atoms with Gasteiger partial charge in [0.05, 0.1) is 4.47 Å². The minimum Gasteiger partial charge on any atom is -0.480 e. The number of aliphatic carboxylic acids is 1. The van der Waals surface area contributed by atoms with E-state index in [2.05, 4.69) is 21.2 Å². The Morgan fingerprint density at radius 1 is 1.42 bits per heavy atom. The fraction of sp³-hybridized carbons (Fsp3) is 0.333. The Hall–Kier alpha value is -1.27. The van der Waals surface area contributed by atoms with Gasteiger partial charge < -0.3 is 15.2 Å². The van der Waals surface area contributed by atoms with Gasteiger partial charge in [-0.05, 0) is 48.0 Å². The molecular formula is C12H13BrClNO4. The average Bonchev–Trinajstić information content (AvgIpc) is 2.32. The van der Waals surface area contributed by atoms with Gasteiger partial charge in [0.25, 0.3) is 5.91 Å². The Kier molecular flexibility index (Phi) is 5.62. The Bertz CT molecular complexity index is 495. The van der Waals surface area contributed by atoms with E-state index in [1.54, 1.807) is 18.2 Å². The number of carbonyl (C=O) groups is 2. The molecule has 104 valence electrons.